The fourth-order valence-electron chi connectivity index (χ4n) is 5.54. The fraction of sp³-hybridized carbons (Fsp3) is 0.412. The molecule has 0 saturated carbocycles. The zero-order valence-corrected chi connectivity index (χ0v) is 29.4. The minimum atomic E-state index is -4.06. The molecule has 0 radical (unpaired) electrons. The van der Waals surface area contributed by atoms with Crippen LogP contribution < -0.4 is 11.0 Å². The number of hydrogen-bond donors (Lipinski definition) is 3. The lowest BCUT2D eigenvalue weighted by atomic mass is 9.98. The van der Waals surface area contributed by atoms with Gasteiger partial charge in [-0.1, -0.05) is 75.3 Å². The number of oxime groups is 1. The molecule has 1 amide bonds. The third-order valence-corrected chi connectivity index (χ3v) is 10.5. The maximum Gasteiger partial charge on any atom is 0.329 e. The number of sulfonamides is 1. The van der Waals surface area contributed by atoms with E-state index in [2.05, 4.69) is 15.5 Å². The van der Waals surface area contributed by atoms with E-state index in [0.717, 1.165) is 16.3 Å². The molecule has 258 valence electrons. The van der Waals surface area contributed by atoms with Gasteiger partial charge in [-0.05, 0) is 48.4 Å². The SMILES string of the molecule is Cc1nc(Cn2ccn([C@H](C(=O)NC(Cc3ccccc3)[C@H](O)CN(CC(C)C)S(=O)(=O)c3ccc(/C=N/O)cc3)C(C)C)c2=O)cs1. The number of benzene rings is 2. The first-order valence-corrected chi connectivity index (χ1v) is 18.1. The van der Waals surface area contributed by atoms with Crippen molar-refractivity contribution < 1.29 is 23.5 Å². The molecule has 12 nitrogen and oxygen atoms in total. The molecule has 0 bridgehead atoms. The van der Waals surface area contributed by atoms with Crippen molar-refractivity contribution in [2.45, 2.75) is 70.7 Å². The number of aliphatic hydroxyl groups excluding tert-OH is 1. The summed E-state index contributed by atoms with van der Waals surface area (Å²) in [5, 5.41) is 29.3. The quantitative estimate of drug-likeness (QED) is 0.0911. The molecule has 2 aromatic carbocycles. The Kier molecular flexibility index (Phi) is 12.5. The molecule has 0 saturated heterocycles. The minimum Gasteiger partial charge on any atom is -0.411 e. The maximum absolute atomic E-state index is 14.0. The van der Waals surface area contributed by atoms with Crippen LogP contribution in [0.25, 0.3) is 0 Å². The lowest BCUT2D eigenvalue weighted by Crippen LogP contribution is -2.53. The van der Waals surface area contributed by atoms with E-state index in [9.17, 15) is 23.1 Å². The summed E-state index contributed by atoms with van der Waals surface area (Å²) in [6, 6.07) is 13.4. The highest BCUT2D eigenvalue weighted by Crippen LogP contribution is 2.22. The van der Waals surface area contributed by atoms with E-state index in [1.807, 2.05) is 70.3 Å². The molecule has 2 heterocycles. The summed E-state index contributed by atoms with van der Waals surface area (Å²) < 4.78 is 31.8. The van der Waals surface area contributed by atoms with Gasteiger partial charge in [0.05, 0.1) is 40.5 Å². The second kappa shape index (κ2) is 16.3. The van der Waals surface area contributed by atoms with Gasteiger partial charge in [0.2, 0.25) is 15.9 Å². The van der Waals surface area contributed by atoms with Gasteiger partial charge < -0.3 is 15.6 Å². The summed E-state index contributed by atoms with van der Waals surface area (Å²) >= 11 is 1.50. The van der Waals surface area contributed by atoms with Gasteiger partial charge in [-0.3, -0.25) is 13.9 Å². The first-order valence-electron chi connectivity index (χ1n) is 15.8. The molecule has 2 aromatic heterocycles. The number of aliphatic hydroxyl groups is 1. The lowest BCUT2D eigenvalue weighted by molar-refractivity contribution is -0.127. The van der Waals surface area contributed by atoms with Crippen molar-refractivity contribution >= 4 is 33.5 Å². The second-order valence-corrected chi connectivity index (χ2v) is 15.6. The highest BCUT2D eigenvalue weighted by Gasteiger charge is 2.34. The van der Waals surface area contributed by atoms with Crippen LogP contribution >= 0.6 is 11.3 Å². The van der Waals surface area contributed by atoms with Crippen molar-refractivity contribution in [3.8, 4) is 0 Å². The van der Waals surface area contributed by atoms with Crippen molar-refractivity contribution in [1.29, 1.82) is 0 Å². The number of nitrogens with zero attached hydrogens (tertiary/aromatic N) is 5. The minimum absolute atomic E-state index is 0.0191. The molecular weight excluding hydrogens is 653 g/mol. The van der Waals surface area contributed by atoms with E-state index in [0.29, 0.717) is 5.56 Å². The summed E-state index contributed by atoms with van der Waals surface area (Å²) in [7, 11) is -4.06. The highest BCUT2D eigenvalue weighted by molar-refractivity contribution is 7.89. The second-order valence-electron chi connectivity index (χ2n) is 12.6. The zero-order chi connectivity index (χ0) is 35.0. The number of nitrogens with one attached hydrogen (secondary N) is 1. The molecule has 4 rings (SSSR count). The van der Waals surface area contributed by atoms with Crippen molar-refractivity contribution in [2.24, 2.45) is 17.0 Å². The van der Waals surface area contributed by atoms with Gasteiger partial charge in [0, 0.05) is 30.9 Å². The molecule has 0 aliphatic heterocycles. The Morgan fingerprint density at radius 3 is 2.33 bits per heavy atom. The van der Waals surface area contributed by atoms with Crippen molar-refractivity contribution in [3.05, 3.63) is 105 Å². The number of amides is 1. The maximum atomic E-state index is 14.0. The average molecular weight is 697 g/mol. The summed E-state index contributed by atoms with van der Waals surface area (Å²) in [4.78, 5) is 31.9. The molecule has 14 heteroatoms. The van der Waals surface area contributed by atoms with Gasteiger partial charge in [0.25, 0.3) is 0 Å². The Morgan fingerprint density at radius 1 is 1.06 bits per heavy atom. The Labute approximate surface area is 285 Å². The normalized spacial score (nSPS) is 14.2. The van der Waals surface area contributed by atoms with Crippen LogP contribution in [0.2, 0.25) is 0 Å². The Morgan fingerprint density at radius 2 is 1.75 bits per heavy atom. The van der Waals surface area contributed by atoms with Crippen LogP contribution in [0.1, 0.15) is 55.6 Å². The van der Waals surface area contributed by atoms with Gasteiger partial charge in [0.15, 0.2) is 0 Å². The van der Waals surface area contributed by atoms with E-state index in [4.69, 9.17) is 5.21 Å². The van der Waals surface area contributed by atoms with Gasteiger partial charge in [-0.2, -0.15) is 4.31 Å². The van der Waals surface area contributed by atoms with Crippen LogP contribution in [0, 0.1) is 18.8 Å². The number of imidazole rings is 1. The van der Waals surface area contributed by atoms with E-state index < -0.39 is 34.1 Å². The summed E-state index contributed by atoms with van der Waals surface area (Å²) in [6.07, 6.45) is 3.34. The lowest BCUT2D eigenvalue weighted by Gasteiger charge is -2.32. The van der Waals surface area contributed by atoms with E-state index >= 15 is 0 Å². The molecule has 4 aromatic rings. The van der Waals surface area contributed by atoms with E-state index in [1.54, 1.807) is 12.4 Å². The molecule has 1 unspecified atom stereocenters. The zero-order valence-electron chi connectivity index (χ0n) is 27.8. The van der Waals surface area contributed by atoms with Gasteiger partial charge in [0.1, 0.15) is 6.04 Å². The summed E-state index contributed by atoms with van der Waals surface area (Å²) in [5.74, 6) is -0.815. The fourth-order valence-corrected chi connectivity index (χ4v) is 7.77. The molecule has 0 aliphatic carbocycles. The first-order chi connectivity index (χ1) is 22.8. The average Bonchev–Trinajstić information content (AvgIpc) is 3.61. The van der Waals surface area contributed by atoms with Crippen molar-refractivity contribution in [3.63, 3.8) is 0 Å². The smallest absolute Gasteiger partial charge is 0.329 e. The molecule has 3 atom stereocenters. The Bertz CT molecular complexity index is 1830. The highest BCUT2D eigenvalue weighted by atomic mass is 32.2. The Hall–Kier alpha value is -4.11. The summed E-state index contributed by atoms with van der Waals surface area (Å²) in [6.45, 7) is 9.46. The molecular formula is C34H44N6O6S2. The monoisotopic (exact) mass is 696 g/mol. The number of thiazole rings is 1. The van der Waals surface area contributed by atoms with Crippen LogP contribution in [0.4, 0.5) is 0 Å². The van der Waals surface area contributed by atoms with Crippen LogP contribution in [-0.4, -0.2) is 74.5 Å². The third kappa shape index (κ3) is 9.28. The standard InChI is InChI=1S/C34H44N6O6S2/c1-23(2)19-39(48(45,46)29-13-11-27(12-14-29)18-35-44)21-31(41)30(17-26-9-7-6-8-10-26)37-33(42)32(24(3)4)40-16-15-38(34(40)43)20-28-22-47-25(5)36-28/h6-16,18,22-24,30-32,41,44H,17,19-21H2,1-5H3,(H,37,42)/b35-18+/t30?,31-,32+/m1/s1. The van der Waals surface area contributed by atoms with Crippen LogP contribution in [-0.2, 0) is 27.8 Å². The predicted molar refractivity (Wildman–Crippen MR) is 186 cm³/mol. The number of rotatable bonds is 16. The summed E-state index contributed by atoms with van der Waals surface area (Å²) in [5.41, 5.74) is 1.75. The number of carbonyl (C=O) groups excluding carboxylic acids is 1. The van der Waals surface area contributed by atoms with Crippen LogP contribution in [0.3, 0.4) is 0 Å². The van der Waals surface area contributed by atoms with Crippen LogP contribution in [0.5, 0.6) is 0 Å². The van der Waals surface area contributed by atoms with Crippen LogP contribution in [0.15, 0.2) is 87.2 Å². The van der Waals surface area contributed by atoms with Gasteiger partial charge in [-0.15, -0.1) is 11.3 Å². The molecule has 3 N–H and O–H groups in total. The number of aromatic nitrogens is 3. The first kappa shape index (κ1) is 36.7. The topological polar surface area (TPSA) is 159 Å². The number of carbonyl (C=O) groups is 1. The van der Waals surface area contributed by atoms with Crippen molar-refractivity contribution in [2.75, 3.05) is 13.1 Å². The van der Waals surface area contributed by atoms with Gasteiger partial charge in [-0.25, -0.2) is 18.2 Å². The largest absolute Gasteiger partial charge is 0.411 e. The number of aryl methyl sites for hydroxylation is 1. The molecule has 0 spiro atoms. The third-order valence-electron chi connectivity index (χ3n) is 7.85. The van der Waals surface area contributed by atoms with E-state index in [1.165, 1.54) is 55.3 Å². The molecule has 48 heavy (non-hydrogen) atoms. The van der Waals surface area contributed by atoms with Crippen molar-refractivity contribution in [1.82, 2.24) is 23.7 Å². The molecule has 0 fully saturated rings. The predicted octanol–water partition coefficient (Wildman–Crippen LogP) is 3.90. The van der Waals surface area contributed by atoms with E-state index in [-0.39, 0.29) is 48.5 Å². The van der Waals surface area contributed by atoms with Gasteiger partial charge >= 0.3 is 5.69 Å². The Balaban J connectivity index is 1.62. The number of hydrogen-bond acceptors (Lipinski definition) is 9. The molecule has 0 aliphatic rings.